The van der Waals surface area contributed by atoms with Gasteiger partial charge >= 0.3 is 5.97 Å². The lowest BCUT2D eigenvalue weighted by Crippen LogP contribution is -2.28. The minimum absolute atomic E-state index is 0.0853. The Hall–Kier alpha value is -1.55. The van der Waals surface area contributed by atoms with Crippen molar-refractivity contribution >= 4 is 5.97 Å². The van der Waals surface area contributed by atoms with Crippen LogP contribution in [0.5, 0.6) is 5.75 Å². The summed E-state index contributed by atoms with van der Waals surface area (Å²) in [6, 6.07) is 8.16. The highest BCUT2D eigenvalue weighted by Crippen LogP contribution is 2.41. The molecule has 26 heavy (non-hydrogen) atoms. The van der Waals surface area contributed by atoms with E-state index in [9.17, 15) is 4.79 Å². The van der Waals surface area contributed by atoms with Crippen molar-refractivity contribution in [3.05, 3.63) is 29.8 Å². The second-order valence-corrected chi connectivity index (χ2v) is 7.83. The average Bonchev–Trinajstić information content (AvgIpc) is 2.65. The third kappa shape index (κ3) is 6.01. The standard InChI is InChI=1S/C22H34O4/c1-5-9-19(22(3,4)6-2)17-11-13-18(14-12-17)25-16-20(23)26-21-10-7-8-15-24-21/h11-14,19,21H,5-10,15-16H2,1-4H3. The van der Waals surface area contributed by atoms with Crippen molar-refractivity contribution in [2.45, 2.75) is 78.4 Å². The molecule has 0 aliphatic carbocycles. The van der Waals surface area contributed by atoms with Gasteiger partial charge in [-0.2, -0.15) is 0 Å². The maximum Gasteiger partial charge on any atom is 0.346 e. The van der Waals surface area contributed by atoms with E-state index in [1.165, 1.54) is 18.4 Å². The average molecular weight is 363 g/mol. The van der Waals surface area contributed by atoms with E-state index in [0.29, 0.717) is 18.3 Å². The summed E-state index contributed by atoms with van der Waals surface area (Å²) < 4.78 is 16.3. The fourth-order valence-corrected chi connectivity index (χ4v) is 3.47. The van der Waals surface area contributed by atoms with Crippen LogP contribution in [0.4, 0.5) is 0 Å². The van der Waals surface area contributed by atoms with Crippen LogP contribution in [-0.4, -0.2) is 25.5 Å². The molecule has 2 atom stereocenters. The van der Waals surface area contributed by atoms with E-state index in [-0.39, 0.29) is 18.0 Å². The third-order valence-electron chi connectivity index (χ3n) is 5.47. The van der Waals surface area contributed by atoms with Gasteiger partial charge in [-0.1, -0.05) is 52.7 Å². The molecule has 1 saturated heterocycles. The number of carbonyl (C=O) groups excluding carboxylic acids is 1. The molecule has 0 bridgehead atoms. The first kappa shape index (κ1) is 20.8. The molecule has 0 aromatic heterocycles. The lowest BCUT2D eigenvalue weighted by Gasteiger charge is -2.34. The van der Waals surface area contributed by atoms with Crippen LogP contribution in [0.1, 0.15) is 77.7 Å². The summed E-state index contributed by atoms with van der Waals surface area (Å²) in [5.41, 5.74) is 1.60. The molecule has 0 spiro atoms. The summed E-state index contributed by atoms with van der Waals surface area (Å²) >= 11 is 0. The van der Waals surface area contributed by atoms with Crippen molar-refractivity contribution in [2.24, 2.45) is 5.41 Å². The van der Waals surface area contributed by atoms with E-state index in [1.54, 1.807) is 0 Å². The van der Waals surface area contributed by atoms with Gasteiger partial charge in [0, 0.05) is 6.42 Å². The largest absolute Gasteiger partial charge is 0.482 e. The molecular formula is C22H34O4. The van der Waals surface area contributed by atoms with Gasteiger partial charge in [0.1, 0.15) is 5.75 Å². The smallest absolute Gasteiger partial charge is 0.346 e. The topological polar surface area (TPSA) is 44.8 Å². The minimum Gasteiger partial charge on any atom is -0.482 e. The summed E-state index contributed by atoms with van der Waals surface area (Å²) in [6.45, 7) is 9.73. The van der Waals surface area contributed by atoms with E-state index in [2.05, 4.69) is 39.8 Å². The van der Waals surface area contributed by atoms with E-state index in [1.807, 2.05) is 12.1 Å². The number of esters is 1. The molecule has 4 heteroatoms. The Morgan fingerprint density at radius 2 is 1.96 bits per heavy atom. The Balaban J connectivity index is 1.88. The maximum atomic E-state index is 11.9. The molecule has 1 aliphatic rings. The second kappa shape index (κ2) is 9.96. The Morgan fingerprint density at radius 1 is 1.23 bits per heavy atom. The molecule has 0 saturated carbocycles. The highest BCUT2D eigenvalue weighted by atomic mass is 16.7. The van der Waals surface area contributed by atoms with Crippen molar-refractivity contribution in [3.63, 3.8) is 0 Å². The van der Waals surface area contributed by atoms with Gasteiger partial charge in [0.25, 0.3) is 0 Å². The number of rotatable bonds is 9. The SMILES string of the molecule is CCCC(c1ccc(OCC(=O)OC2CCCCO2)cc1)C(C)(C)CC. The molecule has 0 N–H and O–H groups in total. The summed E-state index contributed by atoms with van der Waals surface area (Å²) in [7, 11) is 0. The second-order valence-electron chi connectivity index (χ2n) is 7.83. The predicted molar refractivity (Wildman–Crippen MR) is 103 cm³/mol. The van der Waals surface area contributed by atoms with E-state index < -0.39 is 6.29 Å². The number of hydrogen-bond donors (Lipinski definition) is 0. The van der Waals surface area contributed by atoms with Gasteiger partial charge in [-0.05, 0) is 48.3 Å². The predicted octanol–water partition coefficient (Wildman–Crippen LogP) is 5.46. The Bertz CT molecular complexity index is 544. The van der Waals surface area contributed by atoms with Crippen LogP contribution in [0, 0.1) is 5.41 Å². The van der Waals surface area contributed by atoms with Crippen LogP contribution in [0.25, 0.3) is 0 Å². The van der Waals surface area contributed by atoms with Crippen molar-refractivity contribution < 1.29 is 19.0 Å². The first-order valence-corrected chi connectivity index (χ1v) is 10.00. The van der Waals surface area contributed by atoms with Gasteiger partial charge in [-0.25, -0.2) is 4.79 Å². The molecule has 1 aliphatic heterocycles. The van der Waals surface area contributed by atoms with Crippen LogP contribution in [0.3, 0.4) is 0 Å². The van der Waals surface area contributed by atoms with E-state index in [4.69, 9.17) is 14.2 Å². The van der Waals surface area contributed by atoms with E-state index in [0.717, 1.165) is 25.7 Å². The molecule has 4 nitrogen and oxygen atoms in total. The molecule has 0 radical (unpaired) electrons. The highest BCUT2D eigenvalue weighted by molar-refractivity contribution is 5.71. The third-order valence-corrected chi connectivity index (χ3v) is 5.47. The van der Waals surface area contributed by atoms with Gasteiger partial charge < -0.3 is 14.2 Å². The lowest BCUT2D eigenvalue weighted by molar-refractivity contribution is -0.188. The van der Waals surface area contributed by atoms with Crippen LogP contribution in [0.2, 0.25) is 0 Å². The Morgan fingerprint density at radius 3 is 2.54 bits per heavy atom. The van der Waals surface area contributed by atoms with E-state index >= 15 is 0 Å². The van der Waals surface area contributed by atoms with Gasteiger partial charge in [0.15, 0.2) is 6.61 Å². The number of carbonyl (C=O) groups is 1. The van der Waals surface area contributed by atoms with Gasteiger partial charge in [0.2, 0.25) is 6.29 Å². The zero-order chi connectivity index (χ0) is 19.0. The molecule has 2 unspecified atom stereocenters. The van der Waals surface area contributed by atoms with Crippen molar-refractivity contribution in [2.75, 3.05) is 13.2 Å². The maximum absolute atomic E-state index is 11.9. The quantitative estimate of drug-likeness (QED) is 0.548. The van der Waals surface area contributed by atoms with Crippen LogP contribution < -0.4 is 4.74 Å². The van der Waals surface area contributed by atoms with Gasteiger partial charge in [-0.15, -0.1) is 0 Å². The molecule has 2 rings (SSSR count). The monoisotopic (exact) mass is 362 g/mol. The van der Waals surface area contributed by atoms with Crippen molar-refractivity contribution in [1.82, 2.24) is 0 Å². The number of benzene rings is 1. The summed E-state index contributed by atoms with van der Waals surface area (Å²) in [6.07, 6.45) is 5.92. The Kier molecular flexibility index (Phi) is 7.95. The fraction of sp³-hybridized carbons (Fsp3) is 0.682. The Labute approximate surface area is 158 Å². The molecule has 146 valence electrons. The van der Waals surface area contributed by atoms with Gasteiger partial charge in [-0.3, -0.25) is 0 Å². The van der Waals surface area contributed by atoms with Crippen molar-refractivity contribution in [1.29, 1.82) is 0 Å². The molecule has 1 aromatic carbocycles. The van der Waals surface area contributed by atoms with Crippen LogP contribution in [0.15, 0.2) is 24.3 Å². The fourth-order valence-electron chi connectivity index (χ4n) is 3.47. The molecular weight excluding hydrogens is 328 g/mol. The number of ether oxygens (including phenoxy) is 3. The normalized spacial score (nSPS) is 19.0. The lowest BCUT2D eigenvalue weighted by atomic mass is 9.71. The first-order chi connectivity index (χ1) is 12.5. The highest BCUT2D eigenvalue weighted by Gasteiger charge is 2.28. The summed E-state index contributed by atoms with van der Waals surface area (Å²) in [5.74, 6) is 0.844. The molecule has 1 aromatic rings. The first-order valence-electron chi connectivity index (χ1n) is 10.00. The van der Waals surface area contributed by atoms with Crippen molar-refractivity contribution in [3.8, 4) is 5.75 Å². The molecule has 1 heterocycles. The molecule has 0 amide bonds. The molecule has 1 fully saturated rings. The summed E-state index contributed by atoms with van der Waals surface area (Å²) in [5, 5.41) is 0. The number of hydrogen-bond acceptors (Lipinski definition) is 4. The zero-order valence-electron chi connectivity index (χ0n) is 16.8. The van der Waals surface area contributed by atoms with Crippen LogP contribution >= 0.6 is 0 Å². The summed E-state index contributed by atoms with van der Waals surface area (Å²) in [4.78, 5) is 11.9. The zero-order valence-corrected chi connectivity index (χ0v) is 16.8. The minimum atomic E-state index is -0.409. The van der Waals surface area contributed by atoms with Crippen LogP contribution in [-0.2, 0) is 14.3 Å². The van der Waals surface area contributed by atoms with Gasteiger partial charge in [0.05, 0.1) is 6.61 Å².